The van der Waals surface area contributed by atoms with Crippen molar-refractivity contribution in [2.75, 3.05) is 17.7 Å². The molecule has 32 heavy (non-hydrogen) atoms. The van der Waals surface area contributed by atoms with E-state index in [1.165, 1.54) is 11.0 Å². The molecule has 0 spiro atoms. The molecular formula is C23H20N6O3. The van der Waals surface area contributed by atoms with Gasteiger partial charge in [0, 0.05) is 11.3 Å². The van der Waals surface area contributed by atoms with Gasteiger partial charge in [0.15, 0.2) is 0 Å². The lowest BCUT2D eigenvalue weighted by Gasteiger charge is -2.10. The number of ether oxygens (including phenoxy) is 1. The van der Waals surface area contributed by atoms with Crippen LogP contribution in [0.4, 0.5) is 11.4 Å². The van der Waals surface area contributed by atoms with Crippen LogP contribution < -0.4 is 15.4 Å². The fourth-order valence-corrected chi connectivity index (χ4v) is 3.08. The van der Waals surface area contributed by atoms with E-state index >= 15 is 0 Å². The van der Waals surface area contributed by atoms with Crippen LogP contribution in [-0.4, -0.2) is 39.1 Å². The number of hydrogen-bond acceptors (Lipinski definition) is 6. The summed E-state index contributed by atoms with van der Waals surface area (Å²) in [5.41, 5.74) is 3.32. The van der Waals surface area contributed by atoms with E-state index in [2.05, 4.69) is 26.2 Å². The number of carbonyl (C=O) groups excluding carboxylic acids is 2. The van der Waals surface area contributed by atoms with Crippen molar-refractivity contribution in [3.63, 3.8) is 0 Å². The third-order valence-electron chi connectivity index (χ3n) is 4.70. The van der Waals surface area contributed by atoms with Crippen LogP contribution >= 0.6 is 0 Å². The lowest BCUT2D eigenvalue weighted by atomic mass is 10.1. The quantitative estimate of drug-likeness (QED) is 0.468. The number of para-hydroxylation sites is 2. The Hall–Kier alpha value is -4.53. The molecule has 0 aliphatic heterocycles. The van der Waals surface area contributed by atoms with Gasteiger partial charge in [0.1, 0.15) is 12.1 Å². The number of tetrazole rings is 1. The highest BCUT2D eigenvalue weighted by atomic mass is 16.5. The lowest BCUT2D eigenvalue weighted by Crippen LogP contribution is -2.15. The number of anilines is 2. The third kappa shape index (κ3) is 4.96. The molecule has 0 bridgehead atoms. The van der Waals surface area contributed by atoms with Crippen LogP contribution in [0.3, 0.4) is 0 Å². The van der Waals surface area contributed by atoms with Gasteiger partial charge in [0.2, 0.25) is 5.91 Å². The van der Waals surface area contributed by atoms with Gasteiger partial charge < -0.3 is 15.4 Å². The molecule has 0 aliphatic rings. The van der Waals surface area contributed by atoms with Crippen LogP contribution in [0.25, 0.3) is 5.69 Å². The van der Waals surface area contributed by atoms with Crippen LogP contribution in [0.1, 0.15) is 15.9 Å². The van der Waals surface area contributed by atoms with Gasteiger partial charge in [-0.2, -0.15) is 0 Å². The van der Waals surface area contributed by atoms with Gasteiger partial charge in [-0.05, 0) is 64.5 Å². The smallest absolute Gasteiger partial charge is 0.255 e. The number of aromatic nitrogens is 4. The summed E-state index contributed by atoms with van der Waals surface area (Å²) in [4.78, 5) is 24.9. The molecule has 1 heterocycles. The largest absolute Gasteiger partial charge is 0.495 e. The van der Waals surface area contributed by atoms with Gasteiger partial charge in [-0.3, -0.25) is 9.59 Å². The van der Waals surface area contributed by atoms with Crippen molar-refractivity contribution in [1.82, 2.24) is 20.2 Å². The zero-order chi connectivity index (χ0) is 22.3. The zero-order valence-corrected chi connectivity index (χ0v) is 17.2. The van der Waals surface area contributed by atoms with E-state index < -0.39 is 0 Å². The number of amides is 2. The molecule has 4 rings (SSSR count). The SMILES string of the molecule is COc1ccccc1NC(=O)c1ccc(NC(=O)Cc2ccc(-n3cnnn3)cc2)cc1. The summed E-state index contributed by atoms with van der Waals surface area (Å²) >= 11 is 0. The van der Waals surface area contributed by atoms with Gasteiger partial charge in [-0.1, -0.05) is 24.3 Å². The molecule has 3 aromatic carbocycles. The molecule has 160 valence electrons. The number of rotatable bonds is 7. The number of methoxy groups -OCH3 is 1. The Morgan fingerprint density at radius 3 is 2.38 bits per heavy atom. The topological polar surface area (TPSA) is 111 Å². The summed E-state index contributed by atoms with van der Waals surface area (Å²) in [6, 6.07) is 21.2. The normalized spacial score (nSPS) is 10.4. The molecule has 0 aliphatic carbocycles. The minimum Gasteiger partial charge on any atom is -0.495 e. The van der Waals surface area contributed by atoms with E-state index in [9.17, 15) is 9.59 Å². The Morgan fingerprint density at radius 2 is 1.69 bits per heavy atom. The van der Waals surface area contributed by atoms with Crippen molar-refractivity contribution in [1.29, 1.82) is 0 Å². The molecule has 0 atom stereocenters. The molecule has 0 radical (unpaired) electrons. The summed E-state index contributed by atoms with van der Waals surface area (Å²) in [5, 5.41) is 16.7. The van der Waals surface area contributed by atoms with Crippen LogP contribution in [0.2, 0.25) is 0 Å². The third-order valence-corrected chi connectivity index (χ3v) is 4.70. The molecule has 9 heteroatoms. The highest BCUT2D eigenvalue weighted by molar-refractivity contribution is 6.05. The average molecular weight is 428 g/mol. The van der Waals surface area contributed by atoms with E-state index in [1.807, 2.05) is 36.4 Å². The minimum atomic E-state index is -0.268. The number of nitrogens with zero attached hydrogens (tertiary/aromatic N) is 4. The summed E-state index contributed by atoms with van der Waals surface area (Å²) in [5.74, 6) is 0.150. The molecule has 2 amide bonds. The molecule has 2 N–H and O–H groups in total. The van der Waals surface area contributed by atoms with E-state index in [0.717, 1.165) is 11.3 Å². The molecule has 0 saturated heterocycles. The number of benzene rings is 3. The maximum atomic E-state index is 12.5. The van der Waals surface area contributed by atoms with E-state index in [4.69, 9.17) is 4.74 Å². The summed E-state index contributed by atoms with van der Waals surface area (Å²) in [7, 11) is 1.55. The molecule has 0 saturated carbocycles. The monoisotopic (exact) mass is 428 g/mol. The van der Waals surface area contributed by atoms with E-state index in [0.29, 0.717) is 22.7 Å². The number of carbonyl (C=O) groups is 2. The predicted molar refractivity (Wildman–Crippen MR) is 119 cm³/mol. The summed E-state index contributed by atoms with van der Waals surface area (Å²) in [6.07, 6.45) is 1.72. The second-order valence-corrected chi connectivity index (χ2v) is 6.88. The summed E-state index contributed by atoms with van der Waals surface area (Å²) in [6.45, 7) is 0. The molecule has 4 aromatic rings. The maximum Gasteiger partial charge on any atom is 0.255 e. The Morgan fingerprint density at radius 1 is 0.938 bits per heavy atom. The maximum absolute atomic E-state index is 12.5. The van der Waals surface area contributed by atoms with Gasteiger partial charge in [0.05, 0.1) is 24.9 Å². The van der Waals surface area contributed by atoms with Gasteiger partial charge in [-0.15, -0.1) is 5.10 Å². The Balaban J connectivity index is 1.34. The van der Waals surface area contributed by atoms with Crippen molar-refractivity contribution in [3.8, 4) is 11.4 Å². The molecule has 0 unspecified atom stereocenters. The van der Waals surface area contributed by atoms with Crippen LogP contribution in [0, 0.1) is 0 Å². The van der Waals surface area contributed by atoms with Crippen LogP contribution in [-0.2, 0) is 11.2 Å². The highest BCUT2D eigenvalue weighted by Gasteiger charge is 2.10. The standard InChI is InChI=1S/C23H20N6O3/c1-32-21-5-3-2-4-20(21)26-23(31)17-8-10-18(11-9-17)25-22(30)14-16-6-12-19(13-7-16)29-15-24-27-28-29/h2-13,15H,14H2,1H3,(H,25,30)(H,26,31). The number of nitrogens with one attached hydrogen (secondary N) is 2. The van der Waals surface area contributed by atoms with Crippen molar-refractivity contribution >= 4 is 23.2 Å². The van der Waals surface area contributed by atoms with E-state index in [1.54, 1.807) is 43.5 Å². The Kier molecular flexibility index (Phi) is 6.17. The van der Waals surface area contributed by atoms with Crippen molar-refractivity contribution in [3.05, 3.63) is 90.3 Å². The van der Waals surface area contributed by atoms with Crippen molar-refractivity contribution in [2.24, 2.45) is 0 Å². The van der Waals surface area contributed by atoms with Crippen molar-refractivity contribution < 1.29 is 14.3 Å². The second-order valence-electron chi connectivity index (χ2n) is 6.88. The fraction of sp³-hybridized carbons (Fsp3) is 0.0870. The predicted octanol–water partition coefficient (Wildman–Crippen LogP) is 3.10. The molecular weight excluding hydrogens is 408 g/mol. The first-order chi connectivity index (χ1) is 15.6. The van der Waals surface area contributed by atoms with Gasteiger partial charge in [-0.25, -0.2) is 4.68 Å². The van der Waals surface area contributed by atoms with Crippen LogP contribution in [0.15, 0.2) is 79.1 Å². The van der Waals surface area contributed by atoms with Crippen LogP contribution in [0.5, 0.6) is 5.75 Å². The first-order valence-corrected chi connectivity index (χ1v) is 9.79. The lowest BCUT2D eigenvalue weighted by molar-refractivity contribution is -0.115. The molecule has 1 aromatic heterocycles. The molecule has 9 nitrogen and oxygen atoms in total. The van der Waals surface area contributed by atoms with Crippen molar-refractivity contribution in [2.45, 2.75) is 6.42 Å². The van der Waals surface area contributed by atoms with Gasteiger partial charge in [0.25, 0.3) is 5.91 Å². The first-order valence-electron chi connectivity index (χ1n) is 9.79. The molecule has 0 fully saturated rings. The minimum absolute atomic E-state index is 0.161. The number of hydrogen-bond donors (Lipinski definition) is 2. The van der Waals surface area contributed by atoms with E-state index in [-0.39, 0.29) is 18.2 Å². The first kappa shape index (κ1) is 20.7. The fourth-order valence-electron chi connectivity index (χ4n) is 3.08. The average Bonchev–Trinajstić information content (AvgIpc) is 3.35. The van der Waals surface area contributed by atoms with Gasteiger partial charge >= 0.3 is 0 Å². The Bertz CT molecular complexity index is 1210. The second kappa shape index (κ2) is 9.52. The zero-order valence-electron chi connectivity index (χ0n) is 17.2. The summed E-state index contributed by atoms with van der Waals surface area (Å²) < 4.78 is 6.78. The Labute approximate surface area is 184 Å². The highest BCUT2D eigenvalue weighted by Crippen LogP contribution is 2.24.